The number of benzene rings is 1. The number of Topliss-reactive ketones (excluding diaryl/α,β-unsaturated/α-hetero) is 2. The van der Waals surface area contributed by atoms with Gasteiger partial charge in [0.2, 0.25) is 11.6 Å². The van der Waals surface area contributed by atoms with E-state index in [0.29, 0.717) is 13.0 Å². The van der Waals surface area contributed by atoms with Crippen LogP contribution in [0.1, 0.15) is 41.0 Å². The number of fused-ring (bicyclic) bond motifs is 2. The summed E-state index contributed by atoms with van der Waals surface area (Å²) in [5.41, 5.74) is 0.141. The highest BCUT2D eigenvalue weighted by molar-refractivity contribution is 6.27. The molecule has 130 valence electrons. The number of carbonyl (C=O) groups excluding carboxylic acids is 2. The van der Waals surface area contributed by atoms with Gasteiger partial charge in [-0.05, 0) is 19.4 Å². The van der Waals surface area contributed by atoms with Crippen LogP contribution in [0.5, 0.6) is 11.5 Å². The third-order valence-electron chi connectivity index (χ3n) is 5.25. The second-order valence-electron chi connectivity index (χ2n) is 6.78. The van der Waals surface area contributed by atoms with Crippen LogP contribution in [0, 0.1) is 11.8 Å². The highest BCUT2D eigenvalue weighted by Crippen LogP contribution is 2.50. The number of carbonyl (C=O) groups is 2. The standard InChI is InChI=1S/C19H18O6/c1-3-4-9-8-24-19(2)13(9)7-12-16(22)15-11(17(23)18(12)25-19)5-10(20)6-14(15)21/h3-6,9,13,20-21H,7-8H2,1-2H3/b4-3+/t9-,13+,19+/m0/s1. The Hall–Kier alpha value is -2.60. The molecule has 0 amide bonds. The molecule has 6 nitrogen and oxygen atoms in total. The molecule has 1 aromatic rings. The van der Waals surface area contributed by atoms with E-state index in [1.54, 1.807) is 6.92 Å². The quantitative estimate of drug-likeness (QED) is 0.762. The van der Waals surface area contributed by atoms with Crippen LogP contribution >= 0.6 is 0 Å². The largest absolute Gasteiger partial charge is 0.508 e. The van der Waals surface area contributed by atoms with E-state index in [0.717, 1.165) is 6.07 Å². The molecule has 25 heavy (non-hydrogen) atoms. The van der Waals surface area contributed by atoms with Crippen LogP contribution in [0.4, 0.5) is 0 Å². The number of rotatable bonds is 1. The van der Waals surface area contributed by atoms with Crippen molar-refractivity contribution in [2.75, 3.05) is 6.61 Å². The minimum atomic E-state index is -0.977. The zero-order valence-corrected chi connectivity index (χ0v) is 13.9. The van der Waals surface area contributed by atoms with Crippen molar-refractivity contribution in [2.24, 2.45) is 11.8 Å². The molecule has 3 aliphatic rings. The Kier molecular flexibility index (Phi) is 3.30. The van der Waals surface area contributed by atoms with Gasteiger partial charge >= 0.3 is 0 Å². The zero-order valence-electron chi connectivity index (χ0n) is 13.9. The molecule has 4 rings (SSSR count). The van der Waals surface area contributed by atoms with Crippen molar-refractivity contribution >= 4 is 11.6 Å². The summed E-state index contributed by atoms with van der Waals surface area (Å²) in [5, 5.41) is 19.7. The number of allylic oxidation sites excluding steroid dienone is 3. The molecular formula is C19H18O6. The molecule has 2 N–H and O–H groups in total. The average molecular weight is 342 g/mol. The Morgan fingerprint density at radius 1 is 1.24 bits per heavy atom. The number of ketones is 2. The third-order valence-corrected chi connectivity index (χ3v) is 5.25. The summed E-state index contributed by atoms with van der Waals surface area (Å²) in [6.07, 6.45) is 4.29. The maximum Gasteiger partial charge on any atom is 0.229 e. The van der Waals surface area contributed by atoms with Crippen molar-refractivity contribution in [2.45, 2.75) is 26.1 Å². The van der Waals surface area contributed by atoms with Crippen LogP contribution in [0.15, 0.2) is 35.6 Å². The Morgan fingerprint density at radius 2 is 2.00 bits per heavy atom. The van der Waals surface area contributed by atoms with Gasteiger partial charge in [0.1, 0.15) is 11.5 Å². The van der Waals surface area contributed by atoms with E-state index in [4.69, 9.17) is 9.47 Å². The maximum absolute atomic E-state index is 12.9. The molecule has 2 heterocycles. The molecule has 1 saturated heterocycles. The first-order valence-corrected chi connectivity index (χ1v) is 8.20. The zero-order chi connectivity index (χ0) is 17.9. The van der Waals surface area contributed by atoms with Crippen molar-refractivity contribution in [3.63, 3.8) is 0 Å². The molecule has 6 heteroatoms. The predicted octanol–water partition coefficient (Wildman–Crippen LogP) is 2.71. The van der Waals surface area contributed by atoms with E-state index in [-0.39, 0.29) is 40.0 Å². The predicted molar refractivity (Wildman–Crippen MR) is 87.3 cm³/mol. The van der Waals surface area contributed by atoms with Crippen LogP contribution in [0.2, 0.25) is 0 Å². The SMILES string of the molecule is C/C=C/[C@H]1CO[C@]2(C)OC3=C(C[C@H]12)C(=O)c1c(O)cc(O)cc1C3=O. The minimum Gasteiger partial charge on any atom is -0.508 e. The first-order chi connectivity index (χ1) is 11.9. The Labute approximate surface area is 144 Å². The van der Waals surface area contributed by atoms with Crippen LogP contribution in [0.25, 0.3) is 0 Å². The van der Waals surface area contributed by atoms with Gasteiger partial charge in [0.15, 0.2) is 11.5 Å². The molecule has 0 spiro atoms. The Bertz CT molecular complexity index is 865. The summed E-state index contributed by atoms with van der Waals surface area (Å²) in [6.45, 7) is 4.14. The Balaban J connectivity index is 1.83. The van der Waals surface area contributed by atoms with Gasteiger partial charge in [-0.3, -0.25) is 9.59 Å². The lowest BCUT2D eigenvalue weighted by atomic mass is 9.76. The van der Waals surface area contributed by atoms with E-state index >= 15 is 0 Å². The summed E-state index contributed by atoms with van der Waals surface area (Å²) >= 11 is 0. The van der Waals surface area contributed by atoms with Gasteiger partial charge in [-0.15, -0.1) is 0 Å². The van der Waals surface area contributed by atoms with E-state index in [9.17, 15) is 19.8 Å². The Morgan fingerprint density at radius 3 is 2.72 bits per heavy atom. The van der Waals surface area contributed by atoms with Crippen LogP contribution < -0.4 is 0 Å². The molecule has 1 aromatic carbocycles. The van der Waals surface area contributed by atoms with Gasteiger partial charge in [0.05, 0.1) is 12.2 Å². The second kappa shape index (κ2) is 5.20. The highest BCUT2D eigenvalue weighted by atomic mass is 16.7. The molecule has 3 atom stereocenters. The fourth-order valence-electron chi connectivity index (χ4n) is 4.01. The molecular weight excluding hydrogens is 324 g/mol. The number of phenols is 2. The number of ether oxygens (including phenoxy) is 2. The van der Waals surface area contributed by atoms with Crippen molar-refractivity contribution in [3.05, 3.63) is 46.7 Å². The average Bonchev–Trinajstić information content (AvgIpc) is 2.87. The van der Waals surface area contributed by atoms with Crippen LogP contribution in [-0.4, -0.2) is 34.2 Å². The minimum absolute atomic E-state index is 0.0395. The summed E-state index contributed by atoms with van der Waals surface area (Å²) < 4.78 is 11.7. The first kappa shape index (κ1) is 15.9. The van der Waals surface area contributed by atoms with Gasteiger partial charge in [-0.25, -0.2) is 0 Å². The molecule has 0 bridgehead atoms. The van der Waals surface area contributed by atoms with E-state index in [2.05, 4.69) is 0 Å². The third kappa shape index (κ3) is 2.14. The molecule has 0 unspecified atom stereocenters. The molecule has 2 aliphatic heterocycles. The molecule has 0 saturated carbocycles. The van der Waals surface area contributed by atoms with E-state index in [1.165, 1.54) is 6.07 Å². The first-order valence-electron chi connectivity index (χ1n) is 8.20. The van der Waals surface area contributed by atoms with Gasteiger partial charge in [-0.2, -0.15) is 0 Å². The van der Waals surface area contributed by atoms with Crippen molar-refractivity contribution in [1.29, 1.82) is 0 Å². The van der Waals surface area contributed by atoms with Gasteiger partial charge < -0.3 is 19.7 Å². The normalized spacial score (nSPS) is 31.0. The van der Waals surface area contributed by atoms with E-state index in [1.807, 2.05) is 19.1 Å². The van der Waals surface area contributed by atoms with Gasteiger partial charge in [0, 0.05) is 36.0 Å². The molecule has 1 fully saturated rings. The lowest BCUT2D eigenvalue weighted by Crippen LogP contribution is -2.44. The van der Waals surface area contributed by atoms with E-state index < -0.39 is 23.1 Å². The van der Waals surface area contributed by atoms with Crippen LogP contribution in [-0.2, 0) is 9.47 Å². The van der Waals surface area contributed by atoms with Crippen molar-refractivity contribution < 1.29 is 29.3 Å². The lowest BCUT2D eigenvalue weighted by Gasteiger charge is -2.39. The van der Waals surface area contributed by atoms with Crippen molar-refractivity contribution in [3.8, 4) is 11.5 Å². The lowest BCUT2D eigenvalue weighted by molar-refractivity contribution is -0.199. The van der Waals surface area contributed by atoms with Crippen LogP contribution in [0.3, 0.4) is 0 Å². The fraction of sp³-hybridized carbons (Fsp3) is 0.368. The topological polar surface area (TPSA) is 93.1 Å². The number of hydrogen-bond donors (Lipinski definition) is 2. The molecule has 0 radical (unpaired) electrons. The monoisotopic (exact) mass is 342 g/mol. The smallest absolute Gasteiger partial charge is 0.229 e. The van der Waals surface area contributed by atoms with Gasteiger partial charge in [0.25, 0.3) is 0 Å². The summed E-state index contributed by atoms with van der Waals surface area (Å²) in [6, 6.07) is 2.24. The summed E-state index contributed by atoms with van der Waals surface area (Å²) in [4.78, 5) is 25.7. The maximum atomic E-state index is 12.9. The highest BCUT2D eigenvalue weighted by Gasteiger charge is 2.54. The summed E-state index contributed by atoms with van der Waals surface area (Å²) in [5.74, 6) is -2.67. The fourth-order valence-corrected chi connectivity index (χ4v) is 4.01. The number of aromatic hydroxyl groups is 2. The number of phenolic OH excluding ortho intramolecular Hbond substituents is 2. The van der Waals surface area contributed by atoms with Crippen molar-refractivity contribution in [1.82, 2.24) is 0 Å². The molecule has 1 aliphatic carbocycles. The number of hydrogen-bond acceptors (Lipinski definition) is 6. The van der Waals surface area contributed by atoms with Gasteiger partial charge in [-0.1, -0.05) is 12.2 Å². The molecule has 0 aromatic heterocycles. The summed E-state index contributed by atoms with van der Waals surface area (Å²) in [7, 11) is 0. The second-order valence-corrected chi connectivity index (χ2v) is 6.78.